The van der Waals surface area contributed by atoms with Gasteiger partial charge in [0.15, 0.2) is 5.78 Å². The summed E-state index contributed by atoms with van der Waals surface area (Å²) in [4.78, 5) is 26.4. The molecular weight excluding hydrogens is 360 g/mol. The van der Waals surface area contributed by atoms with E-state index < -0.39 is 5.41 Å². The maximum absolute atomic E-state index is 13.3. The third-order valence-electron chi connectivity index (χ3n) is 5.09. The Labute approximate surface area is 178 Å². The number of unbranched alkanes of at least 4 members (excludes halogenated alkanes) is 2. The predicted molar refractivity (Wildman–Crippen MR) is 122 cm³/mol. The standard InChI is InChI=1S/C25H42N2O2/c1-24(2,3)23(29)20(15-11-8-12-16-26)18-22(28)21(27-25(4,5)6)17-19-13-9-7-10-14-19/h7,9-10,13-14,20-21,27H,8,11-12,15-18,26H2,1-6H3. The maximum atomic E-state index is 13.3. The van der Waals surface area contributed by atoms with Crippen molar-refractivity contribution < 1.29 is 9.59 Å². The number of Topliss-reactive ketones (excluding diaryl/α,β-unsaturated/α-hetero) is 2. The van der Waals surface area contributed by atoms with Crippen LogP contribution in [0.15, 0.2) is 30.3 Å². The molecule has 0 spiro atoms. The van der Waals surface area contributed by atoms with Gasteiger partial charge in [-0.1, -0.05) is 63.9 Å². The number of carbonyl (C=O) groups excluding carboxylic acids is 2. The van der Waals surface area contributed by atoms with Crippen LogP contribution in [0, 0.1) is 11.3 Å². The van der Waals surface area contributed by atoms with Gasteiger partial charge in [-0.2, -0.15) is 0 Å². The first-order valence-electron chi connectivity index (χ1n) is 11.0. The van der Waals surface area contributed by atoms with E-state index in [1.165, 1.54) is 0 Å². The number of nitrogens with one attached hydrogen (secondary N) is 1. The molecule has 0 radical (unpaired) electrons. The molecule has 0 saturated heterocycles. The summed E-state index contributed by atoms with van der Waals surface area (Å²) >= 11 is 0. The molecule has 164 valence electrons. The van der Waals surface area contributed by atoms with Gasteiger partial charge in [0.1, 0.15) is 5.78 Å². The van der Waals surface area contributed by atoms with Crippen LogP contribution >= 0.6 is 0 Å². The van der Waals surface area contributed by atoms with Gasteiger partial charge >= 0.3 is 0 Å². The number of nitrogens with two attached hydrogens (primary N) is 1. The van der Waals surface area contributed by atoms with E-state index in [1.807, 2.05) is 39.0 Å². The van der Waals surface area contributed by atoms with Crippen molar-refractivity contribution in [3.8, 4) is 0 Å². The zero-order valence-corrected chi connectivity index (χ0v) is 19.4. The van der Waals surface area contributed by atoms with Crippen LogP contribution in [0.25, 0.3) is 0 Å². The number of benzene rings is 1. The van der Waals surface area contributed by atoms with Crippen LogP contribution in [-0.2, 0) is 16.0 Å². The van der Waals surface area contributed by atoms with Gasteiger partial charge in [0.05, 0.1) is 6.04 Å². The summed E-state index contributed by atoms with van der Waals surface area (Å²) in [5.74, 6) is 0.0957. The Hall–Kier alpha value is -1.52. The second kappa shape index (κ2) is 11.6. The van der Waals surface area contributed by atoms with E-state index in [4.69, 9.17) is 5.73 Å². The van der Waals surface area contributed by atoms with Gasteiger partial charge in [-0.05, 0) is 52.1 Å². The average molecular weight is 403 g/mol. The van der Waals surface area contributed by atoms with E-state index in [2.05, 4.69) is 38.2 Å². The lowest BCUT2D eigenvalue weighted by atomic mass is 9.78. The Morgan fingerprint density at radius 1 is 0.966 bits per heavy atom. The first kappa shape index (κ1) is 25.5. The predicted octanol–water partition coefficient (Wildman–Crippen LogP) is 4.70. The monoisotopic (exact) mass is 402 g/mol. The average Bonchev–Trinajstić information content (AvgIpc) is 2.62. The van der Waals surface area contributed by atoms with Crippen LogP contribution in [0.5, 0.6) is 0 Å². The summed E-state index contributed by atoms with van der Waals surface area (Å²) in [5.41, 5.74) is 6.11. The SMILES string of the molecule is CC(C)(C)NC(Cc1ccccc1)C(=O)CC(CCCCCN)C(=O)C(C)(C)C. The Balaban J connectivity index is 2.94. The molecule has 0 amide bonds. The summed E-state index contributed by atoms with van der Waals surface area (Å²) in [6, 6.07) is 9.78. The molecule has 0 heterocycles. The molecular formula is C25H42N2O2. The maximum Gasteiger partial charge on any atom is 0.150 e. The fourth-order valence-corrected chi connectivity index (χ4v) is 3.65. The Kier molecular flexibility index (Phi) is 10.2. The van der Waals surface area contributed by atoms with Crippen molar-refractivity contribution in [3.63, 3.8) is 0 Å². The highest BCUT2D eigenvalue weighted by Gasteiger charge is 2.33. The van der Waals surface area contributed by atoms with Gasteiger partial charge in [0, 0.05) is 23.3 Å². The third-order valence-corrected chi connectivity index (χ3v) is 5.09. The molecule has 0 aliphatic heterocycles. The third kappa shape index (κ3) is 10.2. The molecule has 4 nitrogen and oxygen atoms in total. The molecule has 0 bridgehead atoms. The number of ketones is 2. The highest BCUT2D eigenvalue weighted by atomic mass is 16.1. The molecule has 1 aromatic carbocycles. The fourth-order valence-electron chi connectivity index (χ4n) is 3.65. The molecule has 0 aliphatic carbocycles. The van der Waals surface area contributed by atoms with E-state index in [0.717, 1.165) is 31.2 Å². The number of carbonyl (C=O) groups is 2. The topological polar surface area (TPSA) is 72.2 Å². The van der Waals surface area contributed by atoms with Gasteiger partial charge in [-0.15, -0.1) is 0 Å². The van der Waals surface area contributed by atoms with Crippen LogP contribution in [-0.4, -0.2) is 29.7 Å². The van der Waals surface area contributed by atoms with E-state index >= 15 is 0 Å². The highest BCUT2D eigenvalue weighted by Crippen LogP contribution is 2.27. The first-order valence-corrected chi connectivity index (χ1v) is 11.0. The van der Waals surface area contributed by atoms with E-state index in [-0.39, 0.29) is 29.1 Å². The summed E-state index contributed by atoms with van der Waals surface area (Å²) < 4.78 is 0. The van der Waals surface area contributed by atoms with Crippen molar-refractivity contribution in [2.45, 2.75) is 91.6 Å². The Morgan fingerprint density at radius 2 is 1.59 bits per heavy atom. The number of hydrogen-bond acceptors (Lipinski definition) is 4. The van der Waals surface area contributed by atoms with Crippen molar-refractivity contribution in [3.05, 3.63) is 35.9 Å². The fraction of sp³-hybridized carbons (Fsp3) is 0.680. The zero-order valence-electron chi connectivity index (χ0n) is 19.4. The lowest BCUT2D eigenvalue weighted by molar-refractivity contribution is -0.134. The molecule has 29 heavy (non-hydrogen) atoms. The minimum atomic E-state index is -0.439. The minimum absolute atomic E-state index is 0.130. The Morgan fingerprint density at radius 3 is 2.10 bits per heavy atom. The minimum Gasteiger partial charge on any atom is -0.330 e. The normalized spacial score (nSPS) is 14.4. The van der Waals surface area contributed by atoms with E-state index in [0.29, 0.717) is 19.4 Å². The lowest BCUT2D eigenvalue weighted by Gasteiger charge is -2.30. The molecule has 2 unspecified atom stereocenters. The molecule has 0 aliphatic rings. The van der Waals surface area contributed by atoms with Crippen LogP contribution < -0.4 is 11.1 Å². The van der Waals surface area contributed by atoms with Gasteiger partial charge in [-0.25, -0.2) is 0 Å². The second-order valence-electron chi connectivity index (χ2n) is 10.3. The summed E-state index contributed by atoms with van der Waals surface area (Å²) in [5, 5.41) is 3.49. The van der Waals surface area contributed by atoms with Crippen LogP contribution in [0.3, 0.4) is 0 Å². The van der Waals surface area contributed by atoms with Crippen LogP contribution in [0.2, 0.25) is 0 Å². The molecule has 3 N–H and O–H groups in total. The summed E-state index contributed by atoms with van der Waals surface area (Å²) in [7, 11) is 0. The molecule has 2 atom stereocenters. The van der Waals surface area contributed by atoms with Crippen LogP contribution in [0.1, 0.15) is 79.2 Å². The van der Waals surface area contributed by atoms with Crippen molar-refractivity contribution in [2.75, 3.05) is 6.54 Å². The summed E-state index contributed by atoms with van der Waals surface area (Å²) in [6.07, 6.45) is 4.61. The smallest absolute Gasteiger partial charge is 0.150 e. The first-order chi connectivity index (χ1) is 13.4. The van der Waals surface area contributed by atoms with Crippen molar-refractivity contribution >= 4 is 11.6 Å². The van der Waals surface area contributed by atoms with Gasteiger partial charge < -0.3 is 11.1 Å². The quantitative estimate of drug-likeness (QED) is 0.497. The van der Waals surface area contributed by atoms with Crippen molar-refractivity contribution in [1.29, 1.82) is 0 Å². The van der Waals surface area contributed by atoms with E-state index in [1.54, 1.807) is 0 Å². The van der Waals surface area contributed by atoms with Gasteiger partial charge in [0.2, 0.25) is 0 Å². The van der Waals surface area contributed by atoms with Crippen LogP contribution in [0.4, 0.5) is 0 Å². The largest absolute Gasteiger partial charge is 0.330 e. The van der Waals surface area contributed by atoms with E-state index in [9.17, 15) is 9.59 Å². The molecule has 0 saturated carbocycles. The van der Waals surface area contributed by atoms with Gasteiger partial charge in [-0.3, -0.25) is 9.59 Å². The van der Waals surface area contributed by atoms with Crippen molar-refractivity contribution in [2.24, 2.45) is 17.1 Å². The second-order valence-corrected chi connectivity index (χ2v) is 10.3. The molecule has 0 aromatic heterocycles. The van der Waals surface area contributed by atoms with Crippen molar-refractivity contribution in [1.82, 2.24) is 5.32 Å². The zero-order chi connectivity index (χ0) is 22.1. The molecule has 4 heteroatoms. The van der Waals surface area contributed by atoms with Gasteiger partial charge in [0.25, 0.3) is 0 Å². The highest BCUT2D eigenvalue weighted by molar-refractivity contribution is 5.92. The lowest BCUT2D eigenvalue weighted by Crippen LogP contribution is -2.49. The molecule has 1 rings (SSSR count). The number of hydrogen-bond donors (Lipinski definition) is 2. The number of rotatable bonds is 12. The summed E-state index contributed by atoms with van der Waals surface area (Å²) in [6.45, 7) is 12.7. The molecule has 1 aromatic rings. The Bertz CT molecular complexity index is 626. The molecule has 0 fully saturated rings.